The van der Waals surface area contributed by atoms with E-state index in [0.717, 1.165) is 29.8 Å². The summed E-state index contributed by atoms with van der Waals surface area (Å²) in [6.45, 7) is 4.79. The highest BCUT2D eigenvalue weighted by atomic mass is 32.1. The lowest BCUT2D eigenvalue weighted by Gasteiger charge is -2.12. The van der Waals surface area contributed by atoms with Crippen LogP contribution in [0.15, 0.2) is 36.5 Å². The van der Waals surface area contributed by atoms with Crippen LogP contribution in [0.5, 0.6) is 5.75 Å². The number of hydrogen-bond donors (Lipinski definition) is 1. The summed E-state index contributed by atoms with van der Waals surface area (Å²) in [5.74, 6) is 0.748. The Morgan fingerprint density at radius 1 is 1.33 bits per heavy atom. The predicted molar refractivity (Wildman–Crippen MR) is 88.5 cm³/mol. The van der Waals surface area contributed by atoms with E-state index in [1.807, 2.05) is 41.2 Å². The summed E-state index contributed by atoms with van der Waals surface area (Å²) in [5, 5.41) is 4.57. The highest BCUT2D eigenvalue weighted by Crippen LogP contribution is 2.17. The van der Waals surface area contributed by atoms with Crippen molar-refractivity contribution in [2.45, 2.75) is 39.3 Å². The number of hydrogen-bond acceptors (Lipinski definition) is 3. The van der Waals surface area contributed by atoms with Crippen LogP contribution in [0.25, 0.3) is 0 Å². The van der Waals surface area contributed by atoms with Crippen molar-refractivity contribution in [3.8, 4) is 5.75 Å². The molecule has 112 valence electrons. The first kappa shape index (κ1) is 15.5. The molecule has 4 nitrogen and oxygen atoms in total. The second-order valence-electron chi connectivity index (χ2n) is 4.94. The first-order chi connectivity index (χ1) is 10.1. The molecule has 0 unspecified atom stereocenters. The van der Waals surface area contributed by atoms with Crippen LogP contribution in [0.3, 0.4) is 0 Å². The molecule has 2 N–H and O–H groups in total. The maximum absolute atomic E-state index is 5.75. The zero-order valence-electron chi connectivity index (χ0n) is 12.5. The third-order valence-electron chi connectivity index (χ3n) is 3.49. The van der Waals surface area contributed by atoms with E-state index in [1.165, 1.54) is 0 Å². The van der Waals surface area contributed by atoms with Crippen molar-refractivity contribution in [3.63, 3.8) is 0 Å². The van der Waals surface area contributed by atoms with E-state index in [0.29, 0.717) is 17.6 Å². The van der Waals surface area contributed by atoms with Gasteiger partial charge in [0.25, 0.3) is 0 Å². The molecule has 0 bridgehead atoms. The van der Waals surface area contributed by atoms with Gasteiger partial charge in [0.1, 0.15) is 17.3 Å². The minimum atomic E-state index is 0.374. The maximum atomic E-state index is 5.75. The van der Waals surface area contributed by atoms with Crippen LogP contribution in [0, 0.1) is 0 Å². The average molecular weight is 303 g/mol. The predicted octanol–water partition coefficient (Wildman–Crippen LogP) is 3.46. The van der Waals surface area contributed by atoms with E-state index in [-0.39, 0.29) is 0 Å². The van der Waals surface area contributed by atoms with Crippen LogP contribution in [-0.4, -0.2) is 14.8 Å². The van der Waals surface area contributed by atoms with Crippen LogP contribution in [0.2, 0.25) is 0 Å². The van der Waals surface area contributed by atoms with Gasteiger partial charge in [0.2, 0.25) is 0 Å². The van der Waals surface area contributed by atoms with Gasteiger partial charge in [-0.2, -0.15) is 5.10 Å². The fourth-order valence-corrected chi connectivity index (χ4v) is 2.34. The molecule has 0 saturated carbocycles. The standard InChI is InChI=1S/C16H21N3OS/c1-3-14(4-2)19-9-8-13(18-19)11-20-15-7-5-6-12(10-15)16(17)21/h5-10,14H,3-4,11H2,1-2H3,(H2,17,21). The van der Waals surface area contributed by atoms with Crippen LogP contribution in [0.4, 0.5) is 0 Å². The Morgan fingerprint density at radius 3 is 2.76 bits per heavy atom. The number of nitrogens with two attached hydrogens (primary N) is 1. The van der Waals surface area contributed by atoms with E-state index >= 15 is 0 Å². The lowest BCUT2D eigenvalue weighted by molar-refractivity contribution is 0.297. The number of nitrogens with zero attached hydrogens (tertiary/aromatic N) is 2. The molecule has 2 rings (SSSR count). The second kappa shape index (κ2) is 7.22. The van der Waals surface area contributed by atoms with Crippen molar-refractivity contribution in [1.29, 1.82) is 0 Å². The smallest absolute Gasteiger partial charge is 0.132 e. The third kappa shape index (κ3) is 4.04. The van der Waals surface area contributed by atoms with E-state index < -0.39 is 0 Å². The van der Waals surface area contributed by atoms with Crippen molar-refractivity contribution in [2.24, 2.45) is 5.73 Å². The Kier molecular flexibility index (Phi) is 5.33. The summed E-state index contributed by atoms with van der Waals surface area (Å²) >= 11 is 4.96. The number of rotatable bonds is 7. The summed E-state index contributed by atoms with van der Waals surface area (Å²) in [5.41, 5.74) is 7.35. The molecule has 0 fully saturated rings. The van der Waals surface area contributed by atoms with Gasteiger partial charge in [-0.3, -0.25) is 4.68 Å². The molecule has 0 amide bonds. The number of thiocarbonyl (C=S) groups is 1. The minimum Gasteiger partial charge on any atom is -0.487 e. The Balaban J connectivity index is 2.00. The molecule has 0 aliphatic carbocycles. The normalized spacial score (nSPS) is 10.8. The first-order valence-electron chi connectivity index (χ1n) is 7.20. The summed E-state index contributed by atoms with van der Waals surface area (Å²) in [7, 11) is 0. The van der Waals surface area contributed by atoms with Crippen molar-refractivity contribution in [1.82, 2.24) is 9.78 Å². The summed E-state index contributed by atoms with van der Waals surface area (Å²) in [4.78, 5) is 0.374. The lowest BCUT2D eigenvalue weighted by atomic mass is 10.2. The van der Waals surface area contributed by atoms with Crippen molar-refractivity contribution >= 4 is 17.2 Å². The molecule has 1 aromatic heterocycles. The molecule has 0 radical (unpaired) electrons. The third-order valence-corrected chi connectivity index (χ3v) is 3.72. The summed E-state index contributed by atoms with van der Waals surface area (Å²) in [6, 6.07) is 9.94. The number of benzene rings is 1. The minimum absolute atomic E-state index is 0.374. The van der Waals surface area contributed by atoms with Gasteiger partial charge in [0.15, 0.2) is 0 Å². The molecule has 1 aromatic carbocycles. The Hall–Kier alpha value is -1.88. The highest BCUT2D eigenvalue weighted by Gasteiger charge is 2.08. The fourth-order valence-electron chi connectivity index (χ4n) is 2.22. The quantitative estimate of drug-likeness (QED) is 0.796. The lowest BCUT2D eigenvalue weighted by Crippen LogP contribution is -2.09. The van der Waals surface area contributed by atoms with E-state index in [9.17, 15) is 0 Å². The van der Waals surface area contributed by atoms with Gasteiger partial charge in [0, 0.05) is 11.8 Å². The SMILES string of the molecule is CCC(CC)n1ccc(COc2cccc(C(N)=S)c2)n1. The first-order valence-corrected chi connectivity index (χ1v) is 7.61. The van der Waals surface area contributed by atoms with E-state index in [2.05, 4.69) is 18.9 Å². The summed E-state index contributed by atoms with van der Waals surface area (Å²) < 4.78 is 7.77. The van der Waals surface area contributed by atoms with Crippen LogP contribution in [0.1, 0.15) is 44.0 Å². The fraction of sp³-hybridized carbons (Fsp3) is 0.375. The van der Waals surface area contributed by atoms with Crippen LogP contribution in [-0.2, 0) is 6.61 Å². The highest BCUT2D eigenvalue weighted by molar-refractivity contribution is 7.80. The summed E-state index contributed by atoms with van der Waals surface area (Å²) in [6.07, 6.45) is 4.17. The van der Waals surface area contributed by atoms with Gasteiger partial charge in [0.05, 0.1) is 11.7 Å². The Morgan fingerprint density at radius 2 is 2.10 bits per heavy atom. The number of aromatic nitrogens is 2. The molecular weight excluding hydrogens is 282 g/mol. The molecule has 0 aliphatic rings. The van der Waals surface area contributed by atoms with E-state index in [1.54, 1.807) is 0 Å². The molecule has 0 atom stereocenters. The van der Waals surface area contributed by atoms with Gasteiger partial charge >= 0.3 is 0 Å². The van der Waals surface area contributed by atoms with Gasteiger partial charge < -0.3 is 10.5 Å². The van der Waals surface area contributed by atoms with Crippen LogP contribution < -0.4 is 10.5 Å². The molecular formula is C16H21N3OS. The van der Waals surface area contributed by atoms with Gasteiger partial charge in [-0.25, -0.2) is 0 Å². The second-order valence-corrected chi connectivity index (χ2v) is 5.38. The van der Waals surface area contributed by atoms with Crippen molar-refractivity contribution in [2.75, 3.05) is 0 Å². The van der Waals surface area contributed by atoms with Gasteiger partial charge in [-0.15, -0.1) is 0 Å². The molecule has 5 heteroatoms. The topological polar surface area (TPSA) is 53.1 Å². The molecule has 1 heterocycles. The Bertz CT molecular complexity index is 605. The monoisotopic (exact) mass is 303 g/mol. The molecule has 21 heavy (non-hydrogen) atoms. The molecule has 0 spiro atoms. The largest absolute Gasteiger partial charge is 0.487 e. The van der Waals surface area contributed by atoms with Crippen molar-refractivity contribution in [3.05, 3.63) is 47.8 Å². The molecule has 0 aliphatic heterocycles. The zero-order chi connectivity index (χ0) is 15.2. The Labute approximate surface area is 130 Å². The number of ether oxygens (including phenoxy) is 1. The maximum Gasteiger partial charge on any atom is 0.132 e. The molecule has 0 saturated heterocycles. The van der Waals surface area contributed by atoms with Crippen LogP contribution >= 0.6 is 12.2 Å². The van der Waals surface area contributed by atoms with Crippen molar-refractivity contribution < 1.29 is 4.74 Å². The average Bonchev–Trinajstić information content (AvgIpc) is 2.95. The van der Waals surface area contributed by atoms with Gasteiger partial charge in [-0.1, -0.05) is 38.2 Å². The molecule has 2 aromatic rings. The van der Waals surface area contributed by atoms with Gasteiger partial charge in [-0.05, 0) is 31.0 Å². The zero-order valence-corrected chi connectivity index (χ0v) is 13.3. The van der Waals surface area contributed by atoms with E-state index in [4.69, 9.17) is 22.7 Å².